The van der Waals surface area contributed by atoms with Crippen molar-refractivity contribution in [2.75, 3.05) is 7.11 Å². The molecule has 0 aliphatic rings. The average Bonchev–Trinajstić information content (AvgIpc) is 2.22. The molecule has 0 amide bonds. The van der Waals surface area contributed by atoms with Crippen molar-refractivity contribution in [1.82, 2.24) is 0 Å². The molecule has 0 saturated carbocycles. The van der Waals surface area contributed by atoms with Crippen molar-refractivity contribution < 1.29 is 18.3 Å². The summed E-state index contributed by atoms with van der Waals surface area (Å²) in [6.45, 7) is 1.46. The highest BCUT2D eigenvalue weighted by molar-refractivity contribution is 5.85. The first-order valence-corrected chi connectivity index (χ1v) is 4.27. The largest absolute Gasteiger partial charge is 0.468 e. The van der Waals surface area contributed by atoms with Crippen molar-refractivity contribution in [1.29, 1.82) is 0 Å². The van der Waals surface area contributed by atoms with E-state index < -0.39 is 29.2 Å². The minimum atomic E-state index is -1.44. The second-order valence-electron chi connectivity index (χ2n) is 3.09. The van der Waals surface area contributed by atoms with Gasteiger partial charge in [-0.15, -0.1) is 12.4 Å². The van der Waals surface area contributed by atoms with E-state index in [4.69, 9.17) is 5.73 Å². The van der Waals surface area contributed by atoms with Crippen molar-refractivity contribution in [3.05, 3.63) is 34.9 Å². The van der Waals surface area contributed by atoms with E-state index in [9.17, 15) is 13.6 Å². The van der Waals surface area contributed by atoms with Crippen LogP contribution in [0, 0.1) is 18.6 Å². The van der Waals surface area contributed by atoms with Crippen molar-refractivity contribution >= 4 is 18.4 Å². The van der Waals surface area contributed by atoms with E-state index in [1.807, 2.05) is 0 Å². The van der Waals surface area contributed by atoms with E-state index in [0.29, 0.717) is 0 Å². The molecule has 6 heteroatoms. The van der Waals surface area contributed by atoms with Gasteiger partial charge in [0.2, 0.25) is 0 Å². The molecular formula is C10H12ClF2NO2. The molecule has 0 radical (unpaired) electrons. The Morgan fingerprint density at radius 1 is 1.44 bits per heavy atom. The Morgan fingerprint density at radius 3 is 2.50 bits per heavy atom. The van der Waals surface area contributed by atoms with Crippen LogP contribution in [-0.4, -0.2) is 13.1 Å². The molecule has 0 spiro atoms. The van der Waals surface area contributed by atoms with Gasteiger partial charge in [0.1, 0.15) is 17.7 Å². The Morgan fingerprint density at radius 2 is 2.00 bits per heavy atom. The van der Waals surface area contributed by atoms with E-state index in [2.05, 4.69) is 4.74 Å². The monoisotopic (exact) mass is 251 g/mol. The Balaban J connectivity index is 0.00000225. The molecule has 1 rings (SSSR count). The van der Waals surface area contributed by atoms with Crippen LogP contribution < -0.4 is 5.73 Å². The third-order valence-corrected chi connectivity index (χ3v) is 2.09. The minimum Gasteiger partial charge on any atom is -0.468 e. The molecule has 1 aromatic carbocycles. The smallest absolute Gasteiger partial charge is 0.327 e. The van der Waals surface area contributed by atoms with Gasteiger partial charge >= 0.3 is 5.97 Å². The van der Waals surface area contributed by atoms with Crippen LogP contribution in [0.15, 0.2) is 12.1 Å². The first-order chi connectivity index (χ1) is 6.99. The van der Waals surface area contributed by atoms with Gasteiger partial charge in [-0.05, 0) is 18.6 Å². The van der Waals surface area contributed by atoms with Gasteiger partial charge in [-0.2, -0.15) is 0 Å². The highest BCUT2D eigenvalue weighted by Gasteiger charge is 2.24. The maximum atomic E-state index is 13.5. The summed E-state index contributed by atoms with van der Waals surface area (Å²) >= 11 is 0. The number of carbonyl (C=O) groups excluding carboxylic acids is 1. The molecule has 2 N–H and O–H groups in total. The molecule has 3 nitrogen and oxygen atoms in total. The molecule has 16 heavy (non-hydrogen) atoms. The summed E-state index contributed by atoms with van der Waals surface area (Å²) < 4.78 is 31.1. The van der Waals surface area contributed by atoms with Crippen LogP contribution in [0.3, 0.4) is 0 Å². The van der Waals surface area contributed by atoms with E-state index in [-0.39, 0.29) is 18.0 Å². The van der Waals surface area contributed by atoms with Crippen LogP contribution >= 0.6 is 12.4 Å². The number of esters is 1. The van der Waals surface area contributed by atoms with E-state index >= 15 is 0 Å². The summed E-state index contributed by atoms with van der Waals surface area (Å²) in [6, 6.07) is 0.907. The third-order valence-electron chi connectivity index (χ3n) is 2.09. The third kappa shape index (κ3) is 2.68. The van der Waals surface area contributed by atoms with Gasteiger partial charge in [-0.3, -0.25) is 4.79 Å². The Hall–Kier alpha value is -1.20. The predicted octanol–water partition coefficient (Wildman–Crippen LogP) is 1.87. The number of benzene rings is 1. The zero-order chi connectivity index (χ0) is 11.6. The summed E-state index contributed by atoms with van der Waals surface area (Å²) in [7, 11) is 1.10. The molecule has 0 aliphatic heterocycles. The van der Waals surface area contributed by atoms with Gasteiger partial charge < -0.3 is 10.5 Å². The highest BCUT2D eigenvalue weighted by atomic mass is 35.5. The van der Waals surface area contributed by atoms with Crippen LogP contribution in [0.2, 0.25) is 0 Å². The number of nitrogens with two attached hydrogens (primary N) is 1. The fourth-order valence-electron chi connectivity index (χ4n) is 1.21. The first kappa shape index (κ1) is 14.8. The molecule has 0 heterocycles. The molecule has 0 saturated heterocycles. The van der Waals surface area contributed by atoms with Gasteiger partial charge in [0.25, 0.3) is 0 Å². The highest BCUT2D eigenvalue weighted by Crippen LogP contribution is 2.22. The van der Waals surface area contributed by atoms with Crippen LogP contribution in [0.25, 0.3) is 0 Å². The summed E-state index contributed by atoms with van der Waals surface area (Å²) in [5.74, 6) is -2.54. The molecule has 1 aromatic rings. The van der Waals surface area contributed by atoms with Gasteiger partial charge in [0.05, 0.1) is 12.7 Å². The molecule has 90 valence electrons. The number of methoxy groups -OCH3 is 1. The maximum Gasteiger partial charge on any atom is 0.327 e. The number of aryl methyl sites for hydroxylation is 1. The van der Waals surface area contributed by atoms with Crippen LogP contribution in [-0.2, 0) is 9.53 Å². The fourth-order valence-corrected chi connectivity index (χ4v) is 1.21. The topological polar surface area (TPSA) is 52.3 Å². The number of halogens is 3. The van der Waals surface area contributed by atoms with Crippen LogP contribution in [0.5, 0.6) is 0 Å². The number of hydrogen-bond acceptors (Lipinski definition) is 3. The number of hydrogen-bond donors (Lipinski definition) is 1. The van der Waals surface area contributed by atoms with Crippen molar-refractivity contribution in [2.24, 2.45) is 5.73 Å². The van der Waals surface area contributed by atoms with E-state index in [1.165, 1.54) is 13.0 Å². The lowest BCUT2D eigenvalue weighted by Crippen LogP contribution is -2.25. The SMILES string of the molecule is COC(=O)[C@H](N)c1c(F)ccc(C)c1F.Cl. The molecule has 0 fully saturated rings. The molecule has 1 atom stereocenters. The standard InChI is InChI=1S/C10H11F2NO2.ClH/c1-5-3-4-6(11)7(8(5)12)9(13)10(14)15-2;/h3-4,9H,13H2,1-2H3;1H/t9-;/m1./s1. The Kier molecular flexibility index (Phi) is 5.33. The lowest BCUT2D eigenvalue weighted by molar-refractivity contribution is -0.142. The molecule has 0 unspecified atom stereocenters. The molecule has 0 aliphatic carbocycles. The maximum absolute atomic E-state index is 13.5. The number of rotatable bonds is 2. The summed E-state index contributed by atoms with van der Waals surface area (Å²) in [6.07, 6.45) is 0. The van der Waals surface area contributed by atoms with Crippen LogP contribution in [0.4, 0.5) is 8.78 Å². The van der Waals surface area contributed by atoms with Gasteiger partial charge in [0, 0.05) is 0 Å². The average molecular weight is 252 g/mol. The summed E-state index contributed by atoms with van der Waals surface area (Å²) in [4.78, 5) is 11.0. The lowest BCUT2D eigenvalue weighted by atomic mass is 10.0. The molecule has 0 aromatic heterocycles. The Labute approximate surface area is 98.0 Å². The summed E-state index contributed by atoms with van der Waals surface area (Å²) in [5.41, 5.74) is 5.14. The summed E-state index contributed by atoms with van der Waals surface area (Å²) in [5, 5.41) is 0. The van der Waals surface area contributed by atoms with Gasteiger partial charge in [-0.25, -0.2) is 8.78 Å². The predicted molar refractivity (Wildman–Crippen MR) is 57.3 cm³/mol. The lowest BCUT2D eigenvalue weighted by Gasteiger charge is -2.12. The van der Waals surface area contributed by atoms with Crippen molar-refractivity contribution in [3.8, 4) is 0 Å². The quantitative estimate of drug-likeness (QED) is 0.817. The van der Waals surface area contributed by atoms with Crippen molar-refractivity contribution in [2.45, 2.75) is 13.0 Å². The molecular weight excluding hydrogens is 240 g/mol. The fraction of sp³-hybridized carbons (Fsp3) is 0.300. The first-order valence-electron chi connectivity index (χ1n) is 4.27. The van der Waals surface area contributed by atoms with Gasteiger partial charge in [0.15, 0.2) is 0 Å². The van der Waals surface area contributed by atoms with Gasteiger partial charge in [-0.1, -0.05) is 6.07 Å². The number of carbonyl (C=O) groups is 1. The normalized spacial score (nSPS) is 11.6. The zero-order valence-corrected chi connectivity index (χ0v) is 9.61. The van der Waals surface area contributed by atoms with E-state index in [1.54, 1.807) is 0 Å². The Bertz CT molecular complexity index is 399. The second kappa shape index (κ2) is 5.77. The second-order valence-corrected chi connectivity index (χ2v) is 3.09. The minimum absolute atomic E-state index is 0. The molecule has 0 bridgehead atoms. The zero-order valence-electron chi connectivity index (χ0n) is 8.79. The van der Waals surface area contributed by atoms with E-state index in [0.717, 1.165) is 13.2 Å². The van der Waals surface area contributed by atoms with Crippen LogP contribution in [0.1, 0.15) is 17.2 Å². The van der Waals surface area contributed by atoms with Crippen molar-refractivity contribution in [3.63, 3.8) is 0 Å². The number of ether oxygens (including phenoxy) is 1.